The topological polar surface area (TPSA) is 63.5 Å². The van der Waals surface area contributed by atoms with Gasteiger partial charge in [-0.3, -0.25) is 4.79 Å². The Hall–Kier alpha value is -4.13. The van der Waals surface area contributed by atoms with Crippen molar-refractivity contribution < 1.29 is 9.53 Å². The molecule has 5 rings (SSSR count). The zero-order valence-corrected chi connectivity index (χ0v) is 19.4. The highest BCUT2D eigenvalue weighted by Crippen LogP contribution is 2.29. The first-order valence-electron chi connectivity index (χ1n) is 11.4. The van der Waals surface area contributed by atoms with E-state index in [1.807, 2.05) is 90.7 Å². The average Bonchev–Trinajstić information content (AvgIpc) is 3.34. The number of hydrogen-bond acceptors (Lipinski definition) is 5. The standard InChI is InChI=1S/C27H27N5O2/c1-20-10-6-7-13-22(20)32-26(21-11-4-3-5-12-21)28-25(29-32)27(33)31-18-16-30(17-19-31)23-14-8-9-15-24(23)34-2/h3-15H,16-19H2,1-2H3. The molecule has 172 valence electrons. The second-order valence-corrected chi connectivity index (χ2v) is 8.27. The Kier molecular flexibility index (Phi) is 5.99. The summed E-state index contributed by atoms with van der Waals surface area (Å²) in [5, 5.41) is 4.68. The van der Waals surface area contributed by atoms with Gasteiger partial charge in [0.15, 0.2) is 5.82 Å². The molecular formula is C27H27N5O2. The summed E-state index contributed by atoms with van der Waals surface area (Å²) in [4.78, 5) is 22.2. The van der Waals surface area contributed by atoms with Crippen molar-refractivity contribution in [1.82, 2.24) is 19.7 Å². The number of piperazine rings is 1. The monoisotopic (exact) mass is 453 g/mol. The van der Waals surface area contributed by atoms with E-state index in [-0.39, 0.29) is 11.7 Å². The zero-order valence-electron chi connectivity index (χ0n) is 19.4. The molecule has 34 heavy (non-hydrogen) atoms. The number of carbonyl (C=O) groups is 1. The highest BCUT2D eigenvalue weighted by molar-refractivity contribution is 5.91. The van der Waals surface area contributed by atoms with Crippen LogP contribution in [-0.2, 0) is 0 Å². The number of aromatic nitrogens is 3. The van der Waals surface area contributed by atoms with E-state index in [0.29, 0.717) is 18.9 Å². The minimum absolute atomic E-state index is 0.149. The lowest BCUT2D eigenvalue weighted by Crippen LogP contribution is -2.49. The number of carbonyl (C=O) groups excluding carboxylic acids is 1. The summed E-state index contributed by atoms with van der Waals surface area (Å²) in [6.45, 7) is 4.66. The van der Waals surface area contributed by atoms with Gasteiger partial charge in [0.2, 0.25) is 5.82 Å². The molecule has 1 amide bonds. The van der Waals surface area contributed by atoms with Crippen molar-refractivity contribution in [2.24, 2.45) is 0 Å². The third-order valence-electron chi connectivity index (χ3n) is 6.17. The van der Waals surface area contributed by atoms with Crippen molar-refractivity contribution in [2.45, 2.75) is 6.92 Å². The molecule has 0 saturated carbocycles. The number of hydrogen-bond donors (Lipinski definition) is 0. The summed E-state index contributed by atoms with van der Waals surface area (Å²) in [7, 11) is 1.68. The smallest absolute Gasteiger partial charge is 0.293 e. The van der Waals surface area contributed by atoms with Gasteiger partial charge < -0.3 is 14.5 Å². The van der Waals surface area contributed by atoms with E-state index in [4.69, 9.17) is 9.72 Å². The molecule has 0 bridgehead atoms. The van der Waals surface area contributed by atoms with Gasteiger partial charge in [-0.05, 0) is 30.7 Å². The quantitative estimate of drug-likeness (QED) is 0.453. The van der Waals surface area contributed by atoms with Crippen LogP contribution in [0.2, 0.25) is 0 Å². The van der Waals surface area contributed by atoms with E-state index in [9.17, 15) is 4.79 Å². The van der Waals surface area contributed by atoms with Crippen molar-refractivity contribution in [3.8, 4) is 22.8 Å². The van der Waals surface area contributed by atoms with E-state index in [0.717, 1.165) is 41.3 Å². The molecule has 1 aromatic heterocycles. The summed E-state index contributed by atoms with van der Waals surface area (Å²) < 4.78 is 7.29. The van der Waals surface area contributed by atoms with Crippen molar-refractivity contribution >= 4 is 11.6 Å². The van der Waals surface area contributed by atoms with Gasteiger partial charge in [0.05, 0.1) is 18.5 Å². The Labute approximate surface area is 199 Å². The number of nitrogens with zero attached hydrogens (tertiary/aromatic N) is 5. The number of amides is 1. The fraction of sp³-hybridized carbons (Fsp3) is 0.222. The van der Waals surface area contributed by atoms with Crippen molar-refractivity contribution in [3.63, 3.8) is 0 Å². The van der Waals surface area contributed by atoms with Gasteiger partial charge in [0.1, 0.15) is 5.75 Å². The molecule has 3 aromatic carbocycles. The number of anilines is 1. The summed E-state index contributed by atoms with van der Waals surface area (Å²) in [5.74, 6) is 1.57. The number of benzene rings is 3. The summed E-state index contributed by atoms with van der Waals surface area (Å²) in [6.07, 6.45) is 0. The van der Waals surface area contributed by atoms with Gasteiger partial charge in [-0.15, -0.1) is 5.10 Å². The molecule has 1 aliphatic rings. The fourth-order valence-corrected chi connectivity index (χ4v) is 4.33. The van der Waals surface area contributed by atoms with Gasteiger partial charge in [-0.25, -0.2) is 9.67 Å². The lowest BCUT2D eigenvalue weighted by atomic mass is 10.2. The number of aryl methyl sites for hydroxylation is 1. The van der Waals surface area contributed by atoms with Crippen LogP contribution in [0.25, 0.3) is 17.1 Å². The number of para-hydroxylation sites is 3. The van der Waals surface area contributed by atoms with Crippen molar-refractivity contribution in [2.75, 3.05) is 38.2 Å². The SMILES string of the molecule is COc1ccccc1N1CCN(C(=O)c2nc(-c3ccccc3)n(-c3ccccc3C)n2)CC1. The maximum absolute atomic E-state index is 13.4. The van der Waals surface area contributed by atoms with Gasteiger partial charge in [0, 0.05) is 31.7 Å². The first-order valence-corrected chi connectivity index (χ1v) is 11.4. The maximum Gasteiger partial charge on any atom is 0.293 e. The molecule has 1 fully saturated rings. The van der Waals surface area contributed by atoms with Crippen LogP contribution in [0, 0.1) is 6.92 Å². The van der Waals surface area contributed by atoms with Gasteiger partial charge in [-0.1, -0.05) is 60.7 Å². The Balaban J connectivity index is 1.41. The molecule has 4 aromatic rings. The second-order valence-electron chi connectivity index (χ2n) is 8.27. The molecule has 0 radical (unpaired) electrons. The molecule has 0 N–H and O–H groups in total. The predicted molar refractivity (Wildman–Crippen MR) is 133 cm³/mol. The van der Waals surface area contributed by atoms with E-state index in [2.05, 4.69) is 10.00 Å². The fourth-order valence-electron chi connectivity index (χ4n) is 4.33. The Bertz CT molecular complexity index is 1290. The molecule has 7 heteroatoms. The second kappa shape index (κ2) is 9.39. The van der Waals surface area contributed by atoms with Crippen molar-refractivity contribution in [1.29, 1.82) is 0 Å². The minimum Gasteiger partial charge on any atom is -0.495 e. The highest BCUT2D eigenvalue weighted by atomic mass is 16.5. The molecule has 7 nitrogen and oxygen atoms in total. The van der Waals surface area contributed by atoms with Crippen LogP contribution in [0.15, 0.2) is 78.9 Å². The van der Waals surface area contributed by atoms with Gasteiger partial charge >= 0.3 is 0 Å². The lowest BCUT2D eigenvalue weighted by molar-refractivity contribution is 0.0734. The minimum atomic E-state index is -0.149. The van der Waals surface area contributed by atoms with Crippen LogP contribution in [0.4, 0.5) is 5.69 Å². The van der Waals surface area contributed by atoms with Crippen LogP contribution in [-0.4, -0.2) is 58.9 Å². The van der Waals surface area contributed by atoms with E-state index < -0.39 is 0 Å². The molecule has 1 saturated heterocycles. The molecule has 0 aliphatic carbocycles. The van der Waals surface area contributed by atoms with Crippen LogP contribution >= 0.6 is 0 Å². The van der Waals surface area contributed by atoms with Crippen molar-refractivity contribution in [3.05, 3.63) is 90.3 Å². The predicted octanol–water partition coefficient (Wildman–Crippen LogP) is 4.21. The third-order valence-corrected chi connectivity index (χ3v) is 6.17. The average molecular weight is 454 g/mol. The maximum atomic E-state index is 13.4. The molecule has 0 unspecified atom stereocenters. The van der Waals surface area contributed by atoms with E-state index in [1.54, 1.807) is 11.8 Å². The molecular weight excluding hydrogens is 426 g/mol. The van der Waals surface area contributed by atoms with Gasteiger partial charge in [-0.2, -0.15) is 0 Å². The summed E-state index contributed by atoms with van der Waals surface area (Å²) in [5.41, 5.74) is 3.94. The van der Waals surface area contributed by atoms with Crippen LogP contribution in [0.3, 0.4) is 0 Å². The molecule has 0 atom stereocenters. The number of methoxy groups -OCH3 is 1. The van der Waals surface area contributed by atoms with Gasteiger partial charge in [0.25, 0.3) is 5.91 Å². The molecule has 2 heterocycles. The largest absolute Gasteiger partial charge is 0.495 e. The summed E-state index contributed by atoms with van der Waals surface area (Å²) >= 11 is 0. The lowest BCUT2D eigenvalue weighted by Gasteiger charge is -2.36. The Morgan fingerprint density at radius 1 is 0.824 bits per heavy atom. The zero-order chi connectivity index (χ0) is 23.5. The van der Waals surface area contributed by atoms with E-state index in [1.165, 1.54) is 0 Å². The first-order chi connectivity index (χ1) is 16.7. The van der Waals surface area contributed by atoms with Crippen LogP contribution in [0.1, 0.15) is 16.2 Å². The summed E-state index contributed by atoms with van der Waals surface area (Å²) in [6, 6.07) is 25.8. The molecule has 1 aliphatic heterocycles. The Morgan fingerprint density at radius 2 is 1.47 bits per heavy atom. The first kappa shape index (κ1) is 21.7. The van der Waals surface area contributed by atoms with E-state index >= 15 is 0 Å². The van der Waals surface area contributed by atoms with Crippen LogP contribution < -0.4 is 9.64 Å². The highest BCUT2D eigenvalue weighted by Gasteiger charge is 2.27. The normalized spacial score (nSPS) is 13.7. The third kappa shape index (κ3) is 4.12. The number of ether oxygens (including phenoxy) is 1. The molecule has 0 spiro atoms. The number of rotatable bonds is 5. The Morgan fingerprint density at radius 3 is 2.18 bits per heavy atom. The van der Waals surface area contributed by atoms with Crippen LogP contribution in [0.5, 0.6) is 5.75 Å².